The van der Waals surface area contributed by atoms with Crippen LogP contribution in [0.15, 0.2) is 10.2 Å². The molecular weight excluding hydrogens is 512 g/mol. The molecule has 0 radical (unpaired) electrons. The summed E-state index contributed by atoms with van der Waals surface area (Å²) in [5, 5.41) is 7.46. The minimum absolute atomic E-state index is 0.0615. The molecule has 37 heavy (non-hydrogen) atoms. The number of carbonyl (C=O) groups is 4. The van der Waals surface area contributed by atoms with Gasteiger partial charge in [-0.3, -0.25) is 29.9 Å². The third-order valence-corrected chi connectivity index (χ3v) is 9.18. The van der Waals surface area contributed by atoms with Crippen LogP contribution >= 0.6 is 11.8 Å². The first-order valence-electron chi connectivity index (χ1n) is 12.1. The van der Waals surface area contributed by atoms with Crippen LogP contribution in [0, 0.1) is 11.3 Å². The van der Waals surface area contributed by atoms with Crippen molar-refractivity contribution in [1.29, 1.82) is 0 Å². The average molecular weight is 538 g/mol. The molecular formula is C23H25F2N5O6S. The number of nitrogens with one attached hydrogen (secondary N) is 2. The lowest BCUT2D eigenvalue weighted by Gasteiger charge is -2.59. The maximum absolute atomic E-state index is 16.3. The van der Waals surface area contributed by atoms with Crippen molar-refractivity contribution >= 4 is 46.5 Å². The summed E-state index contributed by atoms with van der Waals surface area (Å²) in [4.78, 5) is 54.3. The quantitative estimate of drug-likeness (QED) is 0.545. The van der Waals surface area contributed by atoms with Crippen LogP contribution in [-0.2, 0) is 14.3 Å². The van der Waals surface area contributed by atoms with Crippen LogP contribution in [0.25, 0.3) is 5.83 Å². The second kappa shape index (κ2) is 8.25. The third kappa shape index (κ3) is 3.24. The Morgan fingerprint density at radius 3 is 2.49 bits per heavy atom. The minimum atomic E-state index is -1.73. The van der Waals surface area contributed by atoms with Crippen LogP contribution in [0.5, 0.6) is 0 Å². The highest BCUT2D eigenvalue weighted by Crippen LogP contribution is 2.58. The van der Waals surface area contributed by atoms with E-state index in [1.165, 1.54) is 4.90 Å². The Hall–Kier alpha value is -3.00. The molecule has 4 saturated heterocycles. The first-order chi connectivity index (χ1) is 17.6. The van der Waals surface area contributed by atoms with Gasteiger partial charge in [-0.25, -0.2) is 13.6 Å². The summed E-state index contributed by atoms with van der Waals surface area (Å²) in [5.74, 6) is -3.44. The van der Waals surface area contributed by atoms with Gasteiger partial charge in [-0.05, 0) is 26.2 Å². The van der Waals surface area contributed by atoms with Crippen molar-refractivity contribution in [1.82, 2.24) is 20.7 Å². The first kappa shape index (κ1) is 24.3. The molecule has 1 aliphatic carbocycles. The molecule has 4 aliphatic heterocycles. The molecule has 1 aromatic heterocycles. The molecule has 5 amide bonds. The number of alkyl halides is 1. The van der Waals surface area contributed by atoms with Crippen molar-refractivity contribution in [3.05, 3.63) is 17.0 Å². The number of imide groups is 2. The van der Waals surface area contributed by atoms with Gasteiger partial charge in [0.15, 0.2) is 17.1 Å². The number of fused-ring (bicyclic) bond motifs is 5. The fraction of sp³-hybridized carbons (Fsp3) is 0.609. The van der Waals surface area contributed by atoms with Crippen LogP contribution in [0.3, 0.4) is 0 Å². The van der Waals surface area contributed by atoms with E-state index in [4.69, 9.17) is 9.26 Å². The second-order valence-corrected chi connectivity index (χ2v) is 11.5. The molecule has 0 aromatic carbocycles. The van der Waals surface area contributed by atoms with Gasteiger partial charge in [0.2, 0.25) is 17.6 Å². The maximum Gasteiger partial charge on any atom is 0.328 e. The Kier molecular flexibility index (Phi) is 5.43. The van der Waals surface area contributed by atoms with Gasteiger partial charge in [-0.2, -0.15) is 0 Å². The number of aromatic nitrogens is 1. The summed E-state index contributed by atoms with van der Waals surface area (Å²) >= 11 is 0.846. The lowest BCUT2D eigenvalue weighted by Crippen LogP contribution is -2.75. The largest absolute Gasteiger partial charge is 0.372 e. The van der Waals surface area contributed by atoms with Crippen LogP contribution in [0.4, 0.5) is 24.2 Å². The highest BCUT2D eigenvalue weighted by atomic mass is 32.2. The number of rotatable bonds is 2. The number of barbiturate groups is 1. The van der Waals surface area contributed by atoms with E-state index in [1.54, 1.807) is 18.7 Å². The summed E-state index contributed by atoms with van der Waals surface area (Å²) in [6, 6.07) is -1.79. The van der Waals surface area contributed by atoms with Crippen molar-refractivity contribution in [3.63, 3.8) is 0 Å². The molecule has 0 bridgehead atoms. The molecule has 0 saturated carbocycles. The number of urea groups is 1. The number of hydrogen-bond donors (Lipinski definition) is 2. The van der Waals surface area contributed by atoms with Crippen molar-refractivity contribution < 1.29 is 37.2 Å². The van der Waals surface area contributed by atoms with Crippen molar-refractivity contribution in [2.75, 3.05) is 24.7 Å². The molecule has 2 N–H and O–H groups in total. The van der Waals surface area contributed by atoms with Crippen LogP contribution in [0.1, 0.15) is 44.4 Å². The van der Waals surface area contributed by atoms with Crippen LogP contribution in [-0.4, -0.2) is 76.4 Å². The third-order valence-electron chi connectivity index (χ3n) is 8.15. The van der Waals surface area contributed by atoms with Crippen LogP contribution in [0.2, 0.25) is 0 Å². The van der Waals surface area contributed by atoms with E-state index < -0.39 is 70.2 Å². The lowest BCUT2D eigenvalue weighted by atomic mass is 9.60. The number of amides is 5. The molecule has 1 spiro atoms. The Morgan fingerprint density at radius 1 is 1.14 bits per heavy atom. The van der Waals surface area contributed by atoms with E-state index in [0.717, 1.165) is 11.8 Å². The van der Waals surface area contributed by atoms with Gasteiger partial charge in [0.25, 0.3) is 5.24 Å². The molecule has 198 valence electrons. The maximum atomic E-state index is 16.3. The lowest BCUT2D eigenvalue weighted by molar-refractivity contribution is -0.178. The van der Waals surface area contributed by atoms with Crippen molar-refractivity contribution in [3.8, 4) is 0 Å². The van der Waals surface area contributed by atoms with Crippen molar-refractivity contribution in [2.45, 2.75) is 56.6 Å². The Morgan fingerprint density at radius 2 is 1.84 bits per heavy atom. The number of halogens is 2. The summed E-state index contributed by atoms with van der Waals surface area (Å²) in [6.07, 6.45) is -1.09. The number of anilines is 1. The predicted octanol–water partition coefficient (Wildman–Crippen LogP) is 2.29. The molecule has 4 fully saturated rings. The molecule has 5 aliphatic rings. The summed E-state index contributed by atoms with van der Waals surface area (Å²) in [6.45, 7) is 4.88. The molecule has 6 rings (SSSR count). The van der Waals surface area contributed by atoms with Gasteiger partial charge in [0, 0.05) is 19.0 Å². The first-order valence-corrected chi connectivity index (χ1v) is 13.0. The minimum Gasteiger partial charge on any atom is -0.372 e. The van der Waals surface area contributed by atoms with Gasteiger partial charge >= 0.3 is 6.03 Å². The zero-order valence-electron chi connectivity index (χ0n) is 20.2. The summed E-state index contributed by atoms with van der Waals surface area (Å²) in [7, 11) is 0. The predicted molar refractivity (Wildman–Crippen MR) is 126 cm³/mol. The van der Waals surface area contributed by atoms with Crippen molar-refractivity contribution in [2.24, 2.45) is 11.3 Å². The van der Waals surface area contributed by atoms with Crippen LogP contribution < -0.4 is 15.5 Å². The average Bonchev–Trinajstić information content (AvgIpc) is 3.43. The highest BCUT2D eigenvalue weighted by molar-refractivity contribution is 8.14. The molecule has 1 aromatic rings. The van der Waals surface area contributed by atoms with Gasteiger partial charge < -0.3 is 14.2 Å². The zero-order chi connectivity index (χ0) is 26.4. The van der Waals surface area contributed by atoms with Gasteiger partial charge in [-0.1, -0.05) is 23.8 Å². The smallest absolute Gasteiger partial charge is 0.328 e. The number of carbonyl (C=O) groups excluding carboxylic acids is 4. The number of thioether (sulfide) groups is 1. The van der Waals surface area contributed by atoms with Gasteiger partial charge in [-0.15, -0.1) is 0 Å². The molecule has 2 unspecified atom stereocenters. The van der Waals surface area contributed by atoms with E-state index >= 15 is 4.39 Å². The van der Waals surface area contributed by atoms with Gasteiger partial charge in [0.1, 0.15) is 6.67 Å². The van der Waals surface area contributed by atoms with E-state index in [2.05, 4.69) is 15.8 Å². The highest BCUT2D eigenvalue weighted by Gasteiger charge is 2.66. The molecule has 6 atom stereocenters. The van der Waals surface area contributed by atoms with E-state index in [-0.39, 0.29) is 42.9 Å². The molecule has 14 heteroatoms. The summed E-state index contributed by atoms with van der Waals surface area (Å²) in [5.41, 5.74) is -1.12. The fourth-order valence-corrected chi connectivity index (χ4v) is 7.54. The Balaban J connectivity index is 1.51. The van der Waals surface area contributed by atoms with E-state index in [0.29, 0.717) is 5.56 Å². The molecule has 5 heterocycles. The number of piperidine rings is 1. The van der Waals surface area contributed by atoms with E-state index in [1.807, 2.05) is 6.92 Å². The Labute approximate surface area is 214 Å². The monoisotopic (exact) mass is 537 g/mol. The second-order valence-electron chi connectivity index (χ2n) is 10.3. The number of hydrogen-bond acceptors (Lipinski definition) is 9. The van der Waals surface area contributed by atoms with E-state index in [9.17, 15) is 23.6 Å². The summed E-state index contributed by atoms with van der Waals surface area (Å²) < 4.78 is 41.0. The number of ether oxygens (including phenoxy) is 1. The number of nitrogens with zero attached hydrogens (tertiary/aromatic N) is 3. The van der Waals surface area contributed by atoms with Gasteiger partial charge in [0.05, 0.1) is 34.8 Å². The SMILES string of the molecule is CC1c2c(N3C[C@H](CF)SC3=O)noc2C(F)=C2C1CC1(C(=O)NC(=O)NC1=O)[C@H]1[C@H](C)O[C@H](C)CN21. The topological polar surface area (TPSA) is 134 Å². The Bertz CT molecular complexity index is 1250. The zero-order valence-corrected chi connectivity index (χ0v) is 21.1. The number of allylic oxidation sites excluding steroid dienone is 1. The fourth-order valence-electron chi connectivity index (χ4n) is 6.68. The normalized spacial score (nSPS) is 34.8. The standard InChI is InChI=1S/C23H25F2N5O6S/c1-8-6-29-15-12(4-23(17(29)10(3)35-8)19(31)26-21(33)27-20(23)32)9(2)13-16(14(15)25)36-28-18(13)30-7-11(5-24)37-22(30)34/h8-12,17H,4-7H2,1-3H3,(H2,26,27,31,32,33)/t8-,9?,10+,11+,12?,17-/m1/s1. The molecule has 11 nitrogen and oxygen atoms in total. The number of morpholine rings is 1.